The van der Waals surface area contributed by atoms with Crippen LogP contribution in [-0.4, -0.2) is 33.0 Å². The lowest BCUT2D eigenvalue weighted by Gasteiger charge is -2.16. The zero-order valence-electron chi connectivity index (χ0n) is 10.3. The maximum atomic E-state index is 5.47. The molecule has 0 rings (SSSR count). The van der Waals surface area contributed by atoms with Crippen molar-refractivity contribution in [1.82, 2.24) is 5.43 Å². The highest BCUT2D eigenvalue weighted by atomic mass is 16.5. The summed E-state index contributed by atoms with van der Waals surface area (Å²) in [4.78, 5) is 0. The molecule has 0 aliphatic rings. The van der Waals surface area contributed by atoms with E-state index >= 15 is 0 Å². The number of ether oxygens (including phenoxy) is 2. The lowest BCUT2D eigenvalue weighted by Crippen LogP contribution is -2.36. The molecule has 0 aliphatic carbocycles. The summed E-state index contributed by atoms with van der Waals surface area (Å²) in [5, 5.41) is 0. The topological polar surface area (TPSA) is 56.5 Å². The van der Waals surface area contributed by atoms with Gasteiger partial charge in [0.05, 0.1) is 13.2 Å². The molecule has 15 heavy (non-hydrogen) atoms. The van der Waals surface area contributed by atoms with Crippen LogP contribution in [0.25, 0.3) is 0 Å². The highest BCUT2D eigenvalue weighted by Gasteiger charge is 2.07. The average Bonchev–Trinajstić information content (AvgIpc) is 2.22. The average molecular weight is 218 g/mol. The Bertz CT molecular complexity index is 132. The van der Waals surface area contributed by atoms with E-state index in [1.807, 2.05) is 0 Å². The number of rotatable bonds is 10. The van der Waals surface area contributed by atoms with Crippen LogP contribution in [0, 0.1) is 5.92 Å². The smallest absolute Gasteiger partial charge is 0.0700 e. The summed E-state index contributed by atoms with van der Waals surface area (Å²) in [7, 11) is 1.68. The first-order valence-corrected chi connectivity index (χ1v) is 5.73. The molecule has 0 aliphatic heterocycles. The van der Waals surface area contributed by atoms with Gasteiger partial charge < -0.3 is 9.47 Å². The van der Waals surface area contributed by atoms with Crippen molar-refractivity contribution < 1.29 is 9.47 Å². The second-order valence-corrected chi connectivity index (χ2v) is 4.23. The van der Waals surface area contributed by atoms with Gasteiger partial charge >= 0.3 is 0 Å². The van der Waals surface area contributed by atoms with Gasteiger partial charge in [-0.05, 0) is 25.2 Å². The molecule has 0 aromatic carbocycles. The third-order valence-electron chi connectivity index (χ3n) is 2.37. The third-order valence-corrected chi connectivity index (χ3v) is 2.37. The minimum atomic E-state index is 0.370. The van der Waals surface area contributed by atoms with Crippen molar-refractivity contribution in [1.29, 1.82) is 0 Å². The molecule has 0 bridgehead atoms. The van der Waals surface area contributed by atoms with E-state index in [0.717, 1.165) is 25.4 Å². The summed E-state index contributed by atoms with van der Waals surface area (Å²) in [6, 6.07) is 0.370. The summed E-state index contributed by atoms with van der Waals surface area (Å²) in [5.41, 5.74) is 2.84. The molecular weight excluding hydrogens is 192 g/mol. The van der Waals surface area contributed by atoms with E-state index < -0.39 is 0 Å². The first-order chi connectivity index (χ1) is 7.20. The van der Waals surface area contributed by atoms with Gasteiger partial charge in [-0.15, -0.1) is 0 Å². The Morgan fingerprint density at radius 1 is 1.07 bits per heavy atom. The van der Waals surface area contributed by atoms with Crippen molar-refractivity contribution in [2.75, 3.05) is 26.9 Å². The highest BCUT2D eigenvalue weighted by Crippen LogP contribution is 2.08. The molecule has 0 heterocycles. The normalized spacial score (nSPS) is 13.4. The van der Waals surface area contributed by atoms with Gasteiger partial charge in [-0.25, -0.2) is 0 Å². The summed E-state index contributed by atoms with van der Waals surface area (Å²) < 4.78 is 10.3. The Balaban J connectivity index is 3.36. The van der Waals surface area contributed by atoms with Crippen molar-refractivity contribution >= 4 is 0 Å². The molecule has 0 aromatic heterocycles. The van der Waals surface area contributed by atoms with E-state index in [-0.39, 0.29) is 0 Å². The molecule has 0 amide bonds. The summed E-state index contributed by atoms with van der Waals surface area (Å²) in [6.45, 7) is 6.52. The van der Waals surface area contributed by atoms with Crippen LogP contribution in [0.1, 0.15) is 33.1 Å². The molecule has 0 radical (unpaired) electrons. The van der Waals surface area contributed by atoms with Crippen LogP contribution < -0.4 is 11.3 Å². The molecule has 0 spiro atoms. The monoisotopic (exact) mass is 218 g/mol. The predicted molar refractivity (Wildman–Crippen MR) is 62.5 cm³/mol. The second kappa shape index (κ2) is 10.4. The first-order valence-electron chi connectivity index (χ1n) is 5.73. The number of nitrogens with one attached hydrogen (secondary N) is 1. The molecule has 0 fully saturated rings. The van der Waals surface area contributed by atoms with Gasteiger partial charge in [-0.1, -0.05) is 13.8 Å². The Kier molecular flexibility index (Phi) is 10.3. The van der Waals surface area contributed by atoms with Crippen LogP contribution in [0.2, 0.25) is 0 Å². The number of hydrazine groups is 1. The lowest BCUT2D eigenvalue weighted by atomic mass is 10.0. The van der Waals surface area contributed by atoms with Gasteiger partial charge in [0.25, 0.3) is 0 Å². The maximum absolute atomic E-state index is 5.47. The van der Waals surface area contributed by atoms with Gasteiger partial charge in [0.1, 0.15) is 0 Å². The molecule has 92 valence electrons. The van der Waals surface area contributed by atoms with Crippen LogP contribution in [0.5, 0.6) is 0 Å². The number of hydrogen-bond donors (Lipinski definition) is 2. The van der Waals surface area contributed by atoms with Crippen molar-refractivity contribution in [2.45, 2.75) is 39.2 Å². The van der Waals surface area contributed by atoms with E-state index in [1.165, 1.54) is 6.42 Å². The third kappa shape index (κ3) is 10.1. The van der Waals surface area contributed by atoms with Gasteiger partial charge in [-0.2, -0.15) is 0 Å². The summed E-state index contributed by atoms with van der Waals surface area (Å²) in [6.07, 6.45) is 3.28. The van der Waals surface area contributed by atoms with E-state index in [9.17, 15) is 0 Å². The predicted octanol–water partition coefficient (Wildman–Crippen LogP) is 1.31. The SMILES string of the molecule is COCCOCCC(CCC(C)C)NN. The largest absolute Gasteiger partial charge is 0.382 e. The van der Waals surface area contributed by atoms with Crippen molar-refractivity contribution in [3.05, 3.63) is 0 Å². The minimum Gasteiger partial charge on any atom is -0.382 e. The van der Waals surface area contributed by atoms with Crippen LogP contribution >= 0.6 is 0 Å². The molecule has 3 N–H and O–H groups in total. The highest BCUT2D eigenvalue weighted by molar-refractivity contribution is 4.64. The fraction of sp³-hybridized carbons (Fsp3) is 1.00. The Morgan fingerprint density at radius 2 is 1.80 bits per heavy atom. The Hall–Kier alpha value is -0.160. The Morgan fingerprint density at radius 3 is 2.33 bits per heavy atom. The van der Waals surface area contributed by atoms with Gasteiger partial charge in [0, 0.05) is 19.8 Å². The molecule has 1 atom stereocenters. The fourth-order valence-corrected chi connectivity index (χ4v) is 1.32. The van der Waals surface area contributed by atoms with E-state index in [0.29, 0.717) is 19.3 Å². The molecule has 4 heteroatoms. The minimum absolute atomic E-state index is 0.370. The number of nitrogens with two attached hydrogens (primary N) is 1. The number of methoxy groups -OCH3 is 1. The van der Waals surface area contributed by atoms with E-state index in [2.05, 4.69) is 19.3 Å². The summed E-state index contributed by atoms with van der Waals surface area (Å²) in [5.74, 6) is 6.20. The first kappa shape index (κ1) is 14.8. The van der Waals surface area contributed by atoms with Crippen molar-refractivity contribution in [2.24, 2.45) is 11.8 Å². The molecule has 0 saturated carbocycles. The molecule has 0 saturated heterocycles. The van der Waals surface area contributed by atoms with E-state index in [4.69, 9.17) is 15.3 Å². The fourth-order valence-electron chi connectivity index (χ4n) is 1.32. The van der Waals surface area contributed by atoms with Crippen LogP contribution in [0.4, 0.5) is 0 Å². The van der Waals surface area contributed by atoms with Crippen molar-refractivity contribution in [3.8, 4) is 0 Å². The van der Waals surface area contributed by atoms with Crippen LogP contribution in [0.3, 0.4) is 0 Å². The Labute approximate surface area is 93.5 Å². The zero-order chi connectivity index (χ0) is 11.5. The van der Waals surface area contributed by atoms with Crippen LogP contribution in [-0.2, 0) is 9.47 Å². The quantitative estimate of drug-likeness (QED) is 0.330. The molecule has 1 unspecified atom stereocenters. The zero-order valence-corrected chi connectivity index (χ0v) is 10.3. The second-order valence-electron chi connectivity index (χ2n) is 4.23. The standard InChI is InChI=1S/C11H26N2O2/c1-10(2)4-5-11(13-12)6-7-15-9-8-14-3/h10-11,13H,4-9,12H2,1-3H3. The number of hydrogen-bond acceptors (Lipinski definition) is 4. The lowest BCUT2D eigenvalue weighted by molar-refractivity contribution is 0.0652. The van der Waals surface area contributed by atoms with E-state index in [1.54, 1.807) is 7.11 Å². The van der Waals surface area contributed by atoms with Crippen LogP contribution in [0.15, 0.2) is 0 Å². The summed E-state index contributed by atoms with van der Waals surface area (Å²) >= 11 is 0. The van der Waals surface area contributed by atoms with Gasteiger partial charge in [0.2, 0.25) is 0 Å². The van der Waals surface area contributed by atoms with Crippen molar-refractivity contribution in [3.63, 3.8) is 0 Å². The molecular formula is C11H26N2O2. The van der Waals surface area contributed by atoms with Gasteiger partial charge in [-0.3, -0.25) is 11.3 Å². The molecule has 0 aromatic rings. The van der Waals surface area contributed by atoms with Gasteiger partial charge in [0.15, 0.2) is 0 Å². The molecule has 4 nitrogen and oxygen atoms in total. The maximum Gasteiger partial charge on any atom is 0.0700 e.